The summed E-state index contributed by atoms with van der Waals surface area (Å²) in [6.07, 6.45) is 7.43. The van der Waals surface area contributed by atoms with Gasteiger partial charge in [0, 0.05) is 43.6 Å². The van der Waals surface area contributed by atoms with E-state index in [1.807, 2.05) is 55.1 Å². The van der Waals surface area contributed by atoms with Gasteiger partial charge in [-0.3, -0.25) is 9.59 Å². The van der Waals surface area contributed by atoms with E-state index in [1.54, 1.807) is 29.4 Å². The molecular weight excluding hydrogens is 510 g/mol. The van der Waals surface area contributed by atoms with Crippen LogP contribution in [-0.2, 0) is 22.6 Å². The first-order chi connectivity index (χ1) is 19.4. The molecule has 1 fully saturated rings. The van der Waals surface area contributed by atoms with Crippen molar-refractivity contribution >= 4 is 29.0 Å². The molecule has 1 atom stereocenters. The minimum Gasteiger partial charge on any atom is -0.394 e. The Hall–Kier alpha value is -4.22. The molecule has 0 saturated carbocycles. The molecule has 4 heterocycles. The van der Waals surface area contributed by atoms with Crippen molar-refractivity contribution in [2.45, 2.75) is 33.0 Å². The summed E-state index contributed by atoms with van der Waals surface area (Å²) in [5.41, 5.74) is 3.08. The van der Waals surface area contributed by atoms with Crippen LogP contribution in [0.25, 0.3) is 5.70 Å². The Labute approximate surface area is 233 Å². The van der Waals surface area contributed by atoms with Crippen LogP contribution >= 0.6 is 0 Å². The van der Waals surface area contributed by atoms with Gasteiger partial charge in [0.05, 0.1) is 43.5 Å². The number of pyridine rings is 1. The zero-order valence-corrected chi connectivity index (χ0v) is 22.8. The van der Waals surface area contributed by atoms with Crippen LogP contribution in [0.2, 0.25) is 0 Å². The predicted molar refractivity (Wildman–Crippen MR) is 151 cm³/mol. The SMILES string of the molecule is CC(C)[C@@H](CO)NC(=O)Cc1cccc(N2C=C(Nc3ccc(C(=O)N4CCOCC4)cn3)c3nccn3C2)c1. The van der Waals surface area contributed by atoms with Crippen molar-refractivity contribution in [3.8, 4) is 0 Å². The lowest BCUT2D eigenvalue weighted by Crippen LogP contribution is -2.41. The standard InChI is InChI=1S/C29H35N7O4/c1-20(2)25(18-37)33-27(38)15-21-4-3-5-23(14-21)36-17-24(28-30-8-9-35(28)19-36)32-26-7-6-22(16-31-26)29(39)34-10-12-40-13-11-34/h3-9,14,16-17,20,25,37H,10-13,15,18-19H2,1-2H3,(H,31,32)(H,33,38)/t25-/m1/s1. The number of ether oxygens (including phenoxy) is 1. The number of aliphatic hydroxyl groups excluding tert-OH is 1. The number of nitrogens with zero attached hydrogens (tertiary/aromatic N) is 5. The number of rotatable bonds is 9. The lowest BCUT2D eigenvalue weighted by molar-refractivity contribution is -0.121. The summed E-state index contributed by atoms with van der Waals surface area (Å²) in [5.74, 6) is 1.33. The van der Waals surface area contributed by atoms with Gasteiger partial charge >= 0.3 is 0 Å². The average molecular weight is 546 g/mol. The maximum absolute atomic E-state index is 12.8. The minimum absolute atomic E-state index is 0.0504. The van der Waals surface area contributed by atoms with Crippen molar-refractivity contribution in [3.63, 3.8) is 0 Å². The predicted octanol–water partition coefficient (Wildman–Crippen LogP) is 2.31. The molecule has 11 nitrogen and oxygen atoms in total. The molecule has 210 valence electrons. The lowest BCUT2D eigenvalue weighted by Gasteiger charge is -2.29. The first-order valence-electron chi connectivity index (χ1n) is 13.5. The van der Waals surface area contributed by atoms with Gasteiger partial charge in [-0.15, -0.1) is 0 Å². The van der Waals surface area contributed by atoms with Crippen LogP contribution in [0.4, 0.5) is 11.5 Å². The number of carbonyl (C=O) groups is 2. The number of hydrogen-bond acceptors (Lipinski definition) is 8. The molecule has 40 heavy (non-hydrogen) atoms. The zero-order valence-electron chi connectivity index (χ0n) is 22.8. The molecule has 0 unspecified atom stereocenters. The van der Waals surface area contributed by atoms with Crippen LogP contribution in [-0.4, -0.2) is 75.3 Å². The molecule has 1 aromatic carbocycles. The number of anilines is 2. The van der Waals surface area contributed by atoms with E-state index in [9.17, 15) is 14.7 Å². The van der Waals surface area contributed by atoms with Gasteiger partial charge in [-0.05, 0) is 35.7 Å². The van der Waals surface area contributed by atoms with E-state index in [0.29, 0.717) is 44.4 Å². The van der Waals surface area contributed by atoms with Crippen LogP contribution in [0, 0.1) is 5.92 Å². The fraction of sp³-hybridized carbons (Fsp3) is 0.379. The molecule has 11 heteroatoms. The van der Waals surface area contributed by atoms with Gasteiger partial charge in [-0.2, -0.15) is 0 Å². The molecular formula is C29H35N7O4. The molecule has 0 radical (unpaired) electrons. The molecule has 2 amide bonds. The number of carbonyl (C=O) groups excluding carboxylic acids is 2. The van der Waals surface area contributed by atoms with Crippen molar-refractivity contribution in [3.05, 3.63) is 78.1 Å². The molecule has 1 saturated heterocycles. The number of hydrogen-bond donors (Lipinski definition) is 3. The maximum Gasteiger partial charge on any atom is 0.255 e. The topological polar surface area (TPSA) is 125 Å². The summed E-state index contributed by atoms with van der Waals surface area (Å²) in [7, 11) is 0. The second-order valence-corrected chi connectivity index (χ2v) is 10.3. The Kier molecular flexibility index (Phi) is 8.42. The van der Waals surface area contributed by atoms with E-state index < -0.39 is 0 Å². The molecule has 0 spiro atoms. The third-order valence-corrected chi connectivity index (χ3v) is 7.07. The van der Waals surface area contributed by atoms with Crippen LogP contribution in [0.1, 0.15) is 35.6 Å². The summed E-state index contributed by atoms with van der Waals surface area (Å²) < 4.78 is 7.36. The van der Waals surface area contributed by atoms with Gasteiger partial charge in [0.2, 0.25) is 5.91 Å². The first kappa shape index (κ1) is 27.4. The minimum atomic E-state index is -0.269. The Morgan fingerprint density at radius 2 is 1.95 bits per heavy atom. The third-order valence-electron chi connectivity index (χ3n) is 7.07. The van der Waals surface area contributed by atoms with Gasteiger partial charge in [-0.1, -0.05) is 26.0 Å². The van der Waals surface area contributed by atoms with Gasteiger partial charge in [-0.25, -0.2) is 9.97 Å². The van der Waals surface area contributed by atoms with Crippen molar-refractivity contribution in [2.24, 2.45) is 5.92 Å². The van der Waals surface area contributed by atoms with Gasteiger partial charge < -0.3 is 34.8 Å². The van der Waals surface area contributed by atoms with Gasteiger partial charge in [0.1, 0.15) is 12.5 Å². The highest BCUT2D eigenvalue weighted by Gasteiger charge is 2.22. The van der Waals surface area contributed by atoms with E-state index in [0.717, 1.165) is 22.8 Å². The highest BCUT2D eigenvalue weighted by molar-refractivity contribution is 5.94. The molecule has 5 rings (SSSR count). The van der Waals surface area contributed by atoms with Crippen molar-refractivity contribution < 1.29 is 19.4 Å². The van der Waals surface area contributed by atoms with E-state index >= 15 is 0 Å². The molecule has 2 aliphatic heterocycles. The Morgan fingerprint density at radius 3 is 2.67 bits per heavy atom. The van der Waals surface area contributed by atoms with Crippen molar-refractivity contribution in [2.75, 3.05) is 43.1 Å². The summed E-state index contributed by atoms with van der Waals surface area (Å²) in [5, 5.41) is 15.8. The van der Waals surface area contributed by atoms with E-state index in [2.05, 4.69) is 25.5 Å². The molecule has 3 N–H and O–H groups in total. The number of amides is 2. The lowest BCUT2D eigenvalue weighted by atomic mass is 10.0. The summed E-state index contributed by atoms with van der Waals surface area (Å²) >= 11 is 0. The number of fused-ring (bicyclic) bond motifs is 1. The number of aromatic nitrogens is 3. The summed E-state index contributed by atoms with van der Waals surface area (Å²) in [4.78, 5) is 38.2. The first-order valence-corrected chi connectivity index (χ1v) is 13.5. The number of nitrogens with one attached hydrogen (secondary N) is 2. The van der Waals surface area contributed by atoms with Crippen LogP contribution in [0.15, 0.2) is 61.2 Å². The highest BCUT2D eigenvalue weighted by atomic mass is 16.5. The largest absolute Gasteiger partial charge is 0.394 e. The van der Waals surface area contributed by atoms with E-state index in [4.69, 9.17) is 4.74 Å². The zero-order chi connectivity index (χ0) is 28.1. The Bertz CT molecular complexity index is 1360. The summed E-state index contributed by atoms with van der Waals surface area (Å²) in [6.45, 7) is 6.66. The smallest absolute Gasteiger partial charge is 0.255 e. The maximum atomic E-state index is 12.8. The van der Waals surface area contributed by atoms with Crippen molar-refractivity contribution in [1.29, 1.82) is 0 Å². The van der Waals surface area contributed by atoms with E-state index in [-0.39, 0.29) is 36.8 Å². The molecule has 3 aromatic rings. The number of morpholine rings is 1. The Balaban J connectivity index is 1.30. The highest BCUT2D eigenvalue weighted by Crippen LogP contribution is 2.27. The number of aliphatic hydroxyl groups is 1. The van der Waals surface area contributed by atoms with Gasteiger partial charge in [0.15, 0.2) is 5.82 Å². The third kappa shape index (κ3) is 6.32. The Morgan fingerprint density at radius 1 is 1.12 bits per heavy atom. The van der Waals surface area contributed by atoms with Crippen LogP contribution in [0.3, 0.4) is 0 Å². The van der Waals surface area contributed by atoms with Crippen molar-refractivity contribution in [1.82, 2.24) is 24.8 Å². The van der Waals surface area contributed by atoms with Gasteiger partial charge in [0.25, 0.3) is 5.91 Å². The fourth-order valence-corrected chi connectivity index (χ4v) is 4.72. The number of benzene rings is 1. The molecule has 0 bridgehead atoms. The summed E-state index contributed by atoms with van der Waals surface area (Å²) in [6, 6.07) is 11.1. The second-order valence-electron chi connectivity index (χ2n) is 10.3. The quantitative estimate of drug-likeness (QED) is 0.374. The van der Waals surface area contributed by atoms with E-state index in [1.165, 1.54) is 0 Å². The van der Waals surface area contributed by atoms with Crippen LogP contribution < -0.4 is 15.5 Å². The fourth-order valence-electron chi connectivity index (χ4n) is 4.72. The molecule has 2 aromatic heterocycles. The normalized spacial score (nSPS) is 15.8. The second kappa shape index (κ2) is 12.3. The molecule has 2 aliphatic rings. The average Bonchev–Trinajstić information content (AvgIpc) is 3.46. The monoisotopic (exact) mass is 545 g/mol. The molecule has 0 aliphatic carbocycles. The number of imidazole rings is 1. The van der Waals surface area contributed by atoms with Crippen LogP contribution in [0.5, 0.6) is 0 Å².